The van der Waals surface area contributed by atoms with E-state index in [2.05, 4.69) is 36.8 Å². The standard InChI is InChI=1S/C13H9Br2NO2/c1-18-13(17)8-6-9(14)12(10(15)7-8)11-4-2-3-5-16-11/h2-7H,1H3. The number of nitrogens with zero attached hydrogens (tertiary/aromatic N) is 1. The summed E-state index contributed by atoms with van der Waals surface area (Å²) in [5.41, 5.74) is 2.21. The quantitative estimate of drug-likeness (QED) is 0.748. The minimum atomic E-state index is -0.371. The summed E-state index contributed by atoms with van der Waals surface area (Å²) in [5.74, 6) is -0.371. The fraction of sp³-hybridized carbons (Fsp3) is 0.0769. The molecule has 92 valence electrons. The monoisotopic (exact) mass is 369 g/mol. The lowest BCUT2D eigenvalue weighted by Crippen LogP contribution is -2.01. The Bertz CT molecular complexity index is 562. The van der Waals surface area contributed by atoms with E-state index in [4.69, 9.17) is 4.74 Å². The van der Waals surface area contributed by atoms with Gasteiger partial charge >= 0.3 is 5.97 Å². The van der Waals surface area contributed by atoms with Gasteiger partial charge in [0.25, 0.3) is 0 Å². The van der Waals surface area contributed by atoms with Crippen molar-refractivity contribution < 1.29 is 9.53 Å². The number of pyridine rings is 1. The van der Waals surface area contributed by atoms with Gasteiger partial charge in [0, 0.05) is 20.7 Å². The van der Waals surface area contributed by atoms with Gasteiger partial charge in [-0.2, -0.15) is 0 Å². The molecule has 0 bridgehead atoms. The summed E-state index contributed by atoms with van der Waals surface area (Å²) in [5, 5.41) is 0. The first kappa shape index (κ1) is 13.2. The van der Waals surface area contributed by atoms with Gasteiger partial charge in [-0.05, 0) is 24.3 Å². The van der Waals surface area contributed by atoms with Crippen molar-refractivity contribution in [1.82, 2.24) is 4.98 Å². The Morgan fingerprint density at radius 1 is 1.22 bits per heavy atom. The molecule has 18 heavy (non-hydrogen) atoms. The summed E-state index contributed by atoms with van der Waals surface area (Å²) >= 11 is 6.91. The number of methoxy groups -OCH3 is 1. The Labute approximate surface area is 121 Å². The molecular weight excluding hydrogens is 362 g/mol. The highest BCUT2D eigenvalue weighted by atomic mass is 79.9. The Balaban J connectivity index is 2.55. The summed E-state index contributed by atoms with van der Waals surface area (Å²) in [7, 11) is 1.36. The van der Waals surface area contributed by atoms with Gasteiger partial charge in [0.2, 0.25) is 0 Å². The van der Waals surface area contributed by atoms with Crippen LogP contribution in [0.15, 0.2) is 45.5 Å². The van der Waals surface area contributed by atoms with E-state index in [1.165, 1.54) is 7.11 Å². The largest absolute Gasteiger partial charge is 0.465 e. The minimum absolute atomic E-state index is 0.371. The first-order chi connectivity index (χ1) is 8.63. The van der Waals surface area contributed by atoms with Gasteiger partial charge < -0.3 is 4.74 Å². The van der Waals surface area contributed by atoms with Crippen LogP contribution >= 0.6 is 31.9 Å². The van der Waals surface area contributed by atoms with Crippen LogP contribution in [0.2, 0.25) is 0 Å². The van der Waals surface area contributed by atoms with E-state index >= 15 is 0 Å². The molecule has 1 aromatic heterocycles. The number of aromatic nitrogens is 1. The first-order valence-corrected chi connectivity index (χ1v) is 6.71. The van der Waals surface area contributed by atoms with Crippen LogP contribution in [0.3, 0.4) is 0 Å². The van der Waals surface area contributed by atoms with E-state index in [1.54, 1.807) is 18.3 Å². The van der Waals surface area contributed by atoms with Crippen LogP contribution in [0.4, 0.5) is 0 Å². The second-order valence-corrected chi connectivity index (χ2v) is 5.23. The van der Waals surface area contributed by atoms with Gasteiger partial charge in [-0.1, -0.05) is 37.9 Å². The average Bonchev–Trinajstić information content (AvgIpc) is 2.38. The molecule has 1 heterocycles. The van der Waals surface area contributed by atoms with E-state index in [1.807, 2.05) is 18.2 Å². The highest BCUT2D eigenvalue weighted by Gasteiger charge is 2.14. The minimum Gasteiger partial charge on any atom is -0.465 e. The van der Waals surface area contributed by atoms with Crippen molar-refractivity contribution in [2.24, 2.45) is 0 Å². The van der Waals surface area contributed by atoms with E-state index in [0.717, 1.165) is 20.2 Å². The topological polar surface area (TPSA) is 39.2 Å². The van der Waals surface area contributed by atoms with E-state index in [9.17, 15) is 4.79 Å². The molecule has 0 atom stereocenters. The molecule has 0 N–H and O–H groups in total. The first-order valence-electron chi connectivity index (χ1n) is 5.12. The molecule has 0 aliphatic rings. The van der Waals surface area contributed by atoms with Crippen molar-refractivity contribution in [2.75, 3.05) is 7.11 Å². The zero-order valence-corrected chi connectivity index (χ0v) is 12.7. The number of halogens is 2. The van der Waals surface area contributed by atoms with Crippen LogP contribution < -0.4 is 0 Å². The van der Waals surface area contributed by atoms with Gasteiger partial charge in [-0.3, -0.25) is 4.98 Å². The highest BCUT2D eigenvalue weighted by molar-refractivity contribution is 9.11. The van der Waals surface area contributed by atoms with Gasteiger partial charge in [-0.25, -0.2) is 4.79 Å². The predicted octanol–water partition coefficient (Wildman–Crippen LogP) is 4.06. The maximum absolute atomic E-state index is 11.5. The third-order valence-corrected chi connectivity index (χ3v) is 3.64. The molecule has 0 fully saturated rings. The normalized spacial score (nSPS) is 10.2. The van der Waals surface area contributed by atoms with Gasteiger partial charge in [0.15, 0.2) is 0 Å². The maximum atomic E-state index is 11.5. The summed E-state index contributed by atoms with van der Waals surface area (Å²) in [6, 6.07) is 9.12. The number of ether oxygens (including phenoxy) is 1. The number of rotatable bonds is 2. The zero-order chi connectivity index (χ0) is 13.1. The summed E-state index contributed by atoms with van der Waals surface area (Å²) in [4.78, 5) is 15.8. The third kappa shape index (κ3) is 2.62. The van der Waals surface area contributed by atoms with Crippen molar-refractivity contribution in [1.29, 1.82) is 0 Å². The smallest absolute Gasteiger partial charge is 0.337 e. The van der Waals surface area contributed by atoms with E-state index in [-0.39, 0.29) is 5.97 Å². The lowest BCUT2D eigenvalue weighted by molar-refractivity contribution is 0.0600. The highest BCUT2D eigenvalue weighted by Crippen LogP contribution is 2.35. The average molecular weight is 371 g/mol. The number of esters is 1. The number of carbonyl (C=O) groups is 1. The molecular formula is C13H9Br2NO2. The van der Waals surface area contributed by atoms with Crippen molar-refractivity contribution in [3.8, 4) is 11.3 Å². The van der Waals surface area contributed by atoms with Crippen molar-refractivity contribution >= 4 is 37.8 Å². The van der Waals surface area contributed by atoms with Crippen molar-refractivity contribution in [3.63, 3.8) is 0 Å². The molecule has 2 aromatic rings. The molecule has 0 saturated carbocycles. The second kappa shape index (κ2) is 5.63. The van der Waals surface area contributed by atoms with Crippen molar-refractivity contribution in [3.05, 3.63) is 51.0 Å². The van der Waals surface area contributed by atoms with Gasteiger partial charge in [-0.15, -0.1) is 0 Å². The molecule has 0 aliphatic heterocycles. The van der Waals surface area contributed by atoms with Crippen LogP contribution in [-0.2, 0) is 4.74 Å². The molecule has 0 amide bonds. The van der Waals surface area contributed by atoms with Gasteiger partial charge in [0.05, 0.1) is 18.4 Å². The Kier molecular flexibility index (Phi) is 4.14. The number of benzene rings is 1. The van der Waals surface area contributed by atoms with Crippen LogP contribution in [0.25, 0.3) is 11.3 Å². The summed E-state index contributed by atoms with van der Waals surface area (Å²) < 4.78 is 6.27. The van der Waals surface area contributed by atoms with E-state index in [0.29, 0.717) is 5.56 Å². The molecule has 1 aromatic carbocycles. The fourth-order valence-electron chi connectivity index (χ4n) is 1.56. The Morgan fingerprint density at radius 3 is 2.39 bits per heavy atom. The molecule has 3 nitrogen and oxygen atoms in total. The maximum Gasteiger partial charge on any atom is 0.337 e. The Morgan fingerprint density at radius 2 is 1.89 bits per heavy atom. The summed E-state index contributed by atoms with van der Waals surface area (Å²) in [6.07, 6.45) is 1.72. The van der Waals surface area contributed by atoms with Crippen molar-refractivity contribution in [2.45, 2.75) is 0 Å². The fourth-order valence-corrected chi connectivity index (χ4v) is 3.16. The lowest BCUT2D eigenvalue weighted by atomic mass is 10.1. The van der Waals surface area contributed by atoms with Crippen LogP contribution in [-0.4, -0.2) is 18.1 Å². The Hall–Kier alpha value is -1.20. The van der Waals surface area contributed by atoms with E-state index < -0.39 is 0 Å². The third-order valence-electron chi connectivity index (χ3n) is 2.38. The number of carbonyl (C=O) groups excluding carboxylic acids is 1. The zero-order valence-electron chi connectivity index (χ0n) is 9.48. The molecule has 0 radical (unpaired) electrons. The lowest BCUT2D eigenvalue weighted by Gasteiger charge is -2.09. The number of hydrogen-bond donors (Lipinski definition) is 0. The summed E-state index contributed by atoms with van der Waals surface area (Å²) in [6.45, 7) is 0. The predicted molar refractivity (Wildman–Crippen MR) is 76.4 cm³/mol. The van der Waals surface area contributed by atoms with Gasteiger partial charge in [0.1, 0.15) is 0 Å². The SMILES string of the molecule is COC(=O)c1cc(Br)c(-c2ccccn2)c(Br)c1. The van der Waals surface area contributed by atoms with Crippen LogP contribution in [0, 0.1) is 0 Å². The van der Waals surface area contributed by atoms with Crippen LogP contribution in [0.1, 0.15) is 10.4 Å². The number of hydrogen-bond acceptors (Lipinski definition) is 3. The molecule has 0 saturated heterocycles. The molecule has 5 heteroatoms. The molecule has 0 spiro atoms. The second-order valence-electron chi connectivity index (χ2n) is 3.52. The molecule has 0 unspecified atom stereocenters. The molecule has 2 rings (SSSR count). The molecule has 0 aliphatic carbocycles. The van der Waals surface area contributed by atoms with Crippen LogP contribution in [0.5, 0.6) is 0 Å².